The Balaban J connectivity index is 0.000000406. The van der Waals surface area contributed by atoms with Crippen LogP contribution in [-0.4, -0.2) is 24.8 Å². The predicted octanol–water partition coefficient (Wildman–Crippen LogP) is 3.29. The Labute approximate surface area is 132 Å². The van der Waals surface area contributed by atoms with Crippen molar-refractivity contribution >= 4 is 0 Å². The maximum Gasteiger partial charge on any atom is 0.0754 e. The highest BCUT2D eigenvalue weighted by molar-refractivity contribution is 5.21. The molecule has 0 saturated heterocycles. The van der Waals surface area contributed by atoms with Crippen LogP contribution in [0.3, 0.4) is 0 Å². The summed E-state index contributed by atoms with van der Waals surface area (Å²) in [6, 6.07) is 12.3. The molecule has 5 nitrogen and oxygen atoms in total. The van der Waals surface area contributed by atoms with Gasteiger partial charge in [0.15, 0.2) is 0 Å². The maximum atomic E-state index is 8.59. The molecule has 0 aliphatic rings. The molecule has 0 aliphatic heterocycles. The monoisotopic (exact) mass is 300 g/mol. The van der Waals surface area contributed by atoms with Crippen LogP contribution in [0.1, 0.15) is 25.0 Å². The maximum absolute atomic E-state index is 8.59. The molecule has 0 amide bonds. The third-order valence-corrected chi connectivity index (χ3v) is 2.77. The van der Waals surface area contributed by atoms with E-state index in [2.05, 4.69) is 29.3 Å². The molecule has 0 saturated carbocycles. The van der Waals surface area contributed by atoms with Gasteiger partial charge >= 0.3 is 0 Å². The van der Waals surface area contributed by atoms with Crippen molar-refractivity contribution in [1.29, 1.82) is 10.5 Å². The van der Waals surface area contributed by atoms with Crippen LogP contribution >= 0.6 is 0 Å². The summed E-state index contributed by atoms with van der Waals surface area (Å²) >= 11 is 0. The normalized spacial score (nSPS) is 12.6. The zero-order valence-electron chi connectivity index (χ0n) is 13.5. The minimum atomic E-state index is -0.0915. The van der Waals surface area contributed by atoms with E-state index in [1.807, 2.05) is 24.3 Å². The fraction of sp³-hybridized carbons (Fsp3) is 0.529. The number of hydrogen-bond acceptors (Lipinski definition) is 5. The lowest BCUT2D eigenvalue weighted by molar-refractivity contribution is 0.299. The molecule has 0 bridgehead atoms. The molecule has 1 rings (SSSR count). The van der Waals surface area contributed by atoms with E-state index < -0.39 is 0 Å². The van der Waals surface area contributed by atoms with Crippen LogP contribution in [0.5, 0.6) is 0 Å². The van der Waals surface area contributed by atoms with Crippen LogP contribution in [0.15, 0.2) is 34.5 Å². The number of nitrogens with zero attached hydrogens (tertiary/aromatic N) is 4. The van der Waals surface area contributed by atoms with Crippen molar-refractivity contribution in [1.82, 2.24) is 0 Å². The van der Waals surface area contributed by atoms with E-state index in [0.29, 0.717) is 13.1 Å². The lowest BCUT2D eigenvalue weighted by Crippen LogP contribution is -1.96. The van der Waals surface area contributed by atoms with Gasteiger partial charge in [-0.15, -0.1) is 0 Å². The number of azo groups is 1. The summed E-state index contributed by atoms with van der Waals surface area (Å²) in [6.07, 6.45) is 0.764. The number of rotatable bonds is 6. The number of benzene rings is 1. The predicted molar refractivity (Wildman–Crippen MR) is 86.1 cm³/mol. The van der Waals surface area contributed by atoms with Crippen LogP contribution in [0.25, 0.3) is 0 Å². The first kappa shape index (κ1) is 19.8. The van der Waals surface area contributed by atoms with Gasteiger partial charge in [-0.25, -0.2) is 0 Å². The topological polar surface area (TPSA) is 92.5 Å². The van der Waals surface area contributed by atoms with Crippen molar-refractivity contribution in [2.45, 2.75) is 27.2 Å². The summed E-state index contributed by atoms with van der Waals surface area (Å²) in [7, 11) is 0. The molecule has 0 spiro atoms. The Bertz CT molecular complexity index is 487. The minimum absolute atomic E-state index is 0.0915. The molecule has 2 atom stereocenters. The van der Waals surface area contributed by atoms with Crippen LogP contribution in [0.2, 0.25) is 0 Å². The first-order valence-corrected chi connectivity index (χ1v) is 7.32. The summed E-state index contributed by atoms with van der Waals surface area (Å²) < 4.78 is 0. The average Bonchev–Trinajstić information content (AvgIpc) is 2.54. The summed E-state index contributed by atoms with van der Waals surface area (Å²) in [4.78, 5) is 0. The number of hydrogen-bond donors (Lipinski definition) is 1. The molecule has 1 N–H and O–H groups in total. The van der Waals surface area contributed by atoms with Crippen LogP contribution in [0.4, 0.5) is 0 Å². The molecule has 118 valence electrons. The lowest BCUT2D eigenvalue weighted by atomic mass is 10.1. The number of nitriles is 2. The van der Waals surface area contributed by atoms with Crippen LogP contribution < -0.4 is 0 Å². The zero-order valence-corrected chi connectivity index (χ0v) is 13.5. The third-order valence-electron chi connectivity index (χ3n) is 2.77. The standard InChI is InChI=1S/C9H12O.C8H12N4/c1-8-2-4-9(5-3-8)6-7-10;1-7(3-9)5-11-12-6-8(2)4-10/h2-5,10H,6-7H2,1H3;7-8H,5-6H2,1-2H3. The van der Waals surface area contributed by atoms with Gasteiger partial charge in [0.25, 0.3) is 0 Å². The van der Waals surface area contributed by atoms with E-state index in [9.17, 15) is 0 Å². The van der Waals surface area contributed by atoms with Gasteiger partial charge in [0.1, 0.15) is 0 Å². The molecule has 0 aromatic heterocycles. The highest BCUT2D eigenvalue weighted by Gasteiger charge is 1.97. The molecule has 0 fully saturated rings. The second-order valence-electron chi connectivity index (χ2n) is 5.17. The molecule has 2 unspecified atom stereocenters. The quantitative estimate of drug-likeness (QED) is 0.817. The van der Waals surface area contributed by atoms with Gasteiger partial charge in [-0.05, 0) is 32.8 Å². The van der Waals surface area contributed by atoms with E-state index in [1.54, 1.807) is 13.8 Å². The van der Waals surface area contributed by atoms with Crippen molar-refractivity contribution in [2.24, 2.45) is 22.1 Å². The molecule has 5 heteroatoms. The van der Waals surface area contributed by atoms with Crippen molar-refractivity contribution in [2.75, 3.05) is 19.7 Å². The van der Waals surface area contributed by atoms with Gasteiger partial charge in [-0.2, -0.15) is 20.8 Å². The Hall–Kier alpha value is -2.24. The Morgan fingerprint density at radius 1 is 1.00 bits per heavy atom. The second kappa shape index (κ2) is 12.5. The number of aryl methyl sites for hydroxylation is 1. The van der Waals surface area contributed by atoms with Crippen molar-refractivity contribution < 1.29 is 5.11 Å². The summed E-state index contributed by atoms with van der Waals surface area (Å²) in [6.45, 7) is 6.72. The second-order valence-corrected chi connectivity index (χ2v) is 5.17. The van der Waals surface area contributed by atoms with Gasteiger partial charge in [0.05, 0.1) is 37.1 Å². The zero-order chi connectivity index (χ0) is 16.8. The molecular formula is C17H24N4O. The van der Waals surface area contributed by atoms with Crippen LogP contribution in [0, 0.1) is 41.4 Å². The molecule has 0 radical (unpaired) electrons. The van der Waals surface area contributed by atoms with E-state index in [1.165, 1.54) is 11.1 Å². The Morgan fingerprint density at radius 3 is 1.82 bits per heavy atom. The lowest BCUT2D eigenvalue weighted by Gasteiger charge is -1.96. The van der Waals surface area contributed by atoms with Crippen molar-refractivity contribution in [3.8, 4) is 12.1 Å². The van der Waals surface area contributed by atoms with E-state index in [-0.39, 0.29) is 18.4 Å². The van der Waals surface area contributed by atoms with Gasteiger partial charge in [-0.1, -0.05) is 29.8 Å². The average molecular weight is 300 g/mol. The summed E-state index contributed by atoms with van der Waals surface area (Å²) in [5.41, 5.74) is 2.47. The van der Waals surface area contributed by atoms with E-state index >= 15 is 0 Å². The van der Waals surface area contributed by atoms with Crippen LogP contribution in [-0.2, 0) is 6.42 Å². The molecular weight excluding hydrogens is 276 g/mol. The summed E-state index contributed by atoms with van der Waals surface area (Å²) in [5.74, 6) is -0.183. The van der Waals surface area contributed by atoms with Gasteiger partial charge < -0.3 is 5.11 Å². The fourth-order valence-electron chi connectivity index (χ4n) is 1.33. The fourth-order valence-corrected chi connectivity index (χ4v) is 1.33. The number of aliphatic hydroxyl groups excluding tert-OH is 1. The Morgan fingerprint density at radius 2 is 1.45 bits per heavy atom. The molecule has 0 heterocycles. The smallest absolute Gasteiger partial charge is 0.0754 e. The molecule has 1 aromatic carbocycles. The van der Waals surface area contributed by atoms with Gasteiger partial charge in [0, 0.05) is 6.61 Å². The first-order valence-electron chi connectivity index (χ1n) is 7.32. The van der Waals surface area contributed by atoms with Gasteiger partial charge in [0.2, 0.25) is 0 Å². The highest BCUT2D eigenvalue weighted by Crippen LogP contribution is 2.02. The first-order chi connectivity index (χ1) is 10.5. The van der Waals surface area contributed by atoms with Gasteiger partial charge in [-0.3, -0.25) is 0 Å². The summed E-state index contributed by atoms with van der Waals surface area (Å²) in [5, 5.41) is 32.9. The van der Waals surface area contributed by atoms with Crippen molar-refractivity contribution in [3.05, 3.63) is 35.4 Å². The SMILES string of the molecule is CC(C#N)CN=NCC(C)C#N.Cc1ccc(CCO)cc1. The van der Waals surface area contributed by atoms with E-state index in [4.69, 9.17) is 15.6 Å². The van der Waals surface area contributed by atoms with E-state index in [0.717, 1.165) is 6.42 Å². The Kier molecular flexibility index (Phi) is 11.2. The third kappa shape index (κ3) is 10.5. The number of aliphatic hydroxyl groups is 1. The minimum Gasteiger partial charge on any atom is -0.396 e. The highest BCUT2D eigenvalue weighted by atomic mass is 16.2. The molecule has 1 aromatic rings. The largest absolute Gasteiger partial charge is 0.396 e. The van der Waals surface area contributed by atoms with Crippen molar-refractivity contribution in [3.63, 3.8) is 0 Å². The molecule has 0 aliphatic carbocycles. The molecule has 22 heavy (non-hydrogen) atoms.